The molecule has 2 heterocycles. The number of rotatable bonds is 20. The summed E-state index contributed by atoms with van der Waals surface area (Å²) in [6, 6.07) is 19.4. The van der Waals surface area contributed by atoms with Crippen LogP contribution >= 0.6 is 0 Å². The number of allylic oxidation sites excluding steroid dienone is 2. The molecule has 7 unspecified atom stereocenters. The second kappa shape index (κ2) is 18.1. The van der Waals surface area contributed by atoms with Gasteiger partial charge in [0.15, 0.2) is 6.10 Å². The van der Waals surface area contributed by atoms with E-state index in [-0.39, 0.29) is 37.5 Å². The zero-order chi connectivity index (χ0) is 39.7. The highest BCUT2D eigenvalue weighted by Gasteiger charge is 2.85. The number of carbonyl (C=O) groups is 5. The van der Waals surface area contributed by atoms with Crippen molar-refractivity contribution < 1.29 is 68.5 Å². The highest BCUT2D eigenvalue weighted by Crippen LogP contribution is 2.55. The number of aryl methyl sites for hydroxylation is 1. The molecule has 2 saturated heterocycles. The molecule has 14 heteroatoms. The molecule has 2 aromatic carbocycles. The lowest BCUT2D eigenvalue weighted by molar-refractivity contribution is -0.374. The molecule has 5 N–H and O–H groups in total. The number of carbonyl (C=O) groups excluding carboxylic acids is 2. The Morgan fingerprint density at radius 2 is 1.52 bits per heavy atom. The molecule has 0 spiro atoms. The van der Waals surface area contributed by atoms with E-state index in [1.807, 2.05) is 68.5 Å². The summed E-state index contributed by atoms with van der Waals surface area (Å²) >= 11 is 0. The molecule has 14 nitrogen and oxygen atoms in total. The summed E-state index contributed by atoms with van der Waals surface area (Å²) in [4.78, 5) is 63.2. The number of benzene rings is 2. The van der Waals surface area contributed by atoms with Crippen molar-refractivity contribution in [3.63, 3.8) is 0 Å². The fraction of sp³-hybridized carbons (Fsp3) is 0.525. The molecule has 2 aliphatic rings. The summed E-state index contributed by atoms with van der Waals surface area (Å²) in [6.45, 7) is 5.12. The number of hydrogen-bond acceptors (Lipinski definition) is 11. The average molecular weight is 755 g/mol. The van der Waals surface area contributed by atoms with Gasteiger partial charge in [-0.1, -0.05) is 86.7 Å². The zero-order valence-electron chi connectivity index (χ0n) is 30.7. The van der Waals surface area contributed by atoms with Crippen LogP contribution in [-0.2, 0) is 55.8 Å². The van der Waals surface area contributed by atoms with Gasteiger partial charge in [-0.15, -0.1) is 0 Å². The van der Waals surface area contributed by atoms with E-state index in [1.54, 1.807) is 6.08 Å². The van der Waals surface area contributed by atoms with Crippen LogP contribution in [0.5, 0.6) is 0 Å². The predicted octanol–water partition coefficient (Wildman–Crippen LogP) is 4.08. The molecule has 9 atom stereocenters. The van der Waals surface area contributed by atoms with Gasteiger partial charge in [0, 0.05) is 19.8 Å². The number of esters is 2. The summed E-state index contributed by atoms with van der Waals surface area (Å²) in [6.07, 6.45) is -1.75. The van der Waals surface area contributed by atoms with Crippen LogP contribution in [0, 0.1) is 11.8 Å². The lowest BCUT2D eigenvalue weighted by Gasteiger charge is -2.48. The minimum absolute atomic E-state index is 0.0311. The normalized spacial score (nSPS) is 27.8. The van der Waals surface area contributed by atoms with Crippen molar-refractivity contribution in [3.05, 3.63) is 83.9 Å². The molecule has 0 aliphatic carbocycles. The third-order valence-electron chi connectivity index (χ3n) is 10.2. The first-order valence-electron chi connectivity index (χ1n) is 18.2. The first-order chi connectivity index (χ1) is 25.6. The standard InChI is InChI=1S/C40H50O14/c1-25(15-12-20-28-16-6-4-7-17-28)14-10-11-22-31(42)52-33-32(43)38(53-34(35(44)45)39(50,36(46)47)40(33,54-38)37(48)49)23-13-21-30(51-27(3)41)26(2)24-29-18-8-5-9-19-29/h4-10,14,16-19,25-26,30,32-34,43,50H,11-13,15,20-24H2,1-3H3,(H,44,45)(H,46,47)(H,48,49)/b14-10+/t25?,26?,30?,32?,33?,34?,38-,39?,40-/m0/s1. The number of fused-ring (bicyclic) bond motifs is 2. The second-order valence-corrected chi connectivity index (χ2v) is 14.2. The van der Waals surface area contributed by atoms with Gasteiger partial charge in [-0.3, -0.25) is 9.59 Å². The van der Waals surface area contributed by atoms with Gasteiger partial charge in [-0.05, 0) is 67.9 Å². The van der Waals surface area contributed by atoms with E-state index >= 15 is 0 Å². The number of carboxylic acid groups (broad SMARTS) is 3. The van der Waals surface area contributed by atoms with Gasteiger partial charge in [0.2, 0.25) is 23.1 Å². The van der Waals surface area contributed by atoms with E-state index in [4.69, 9.17) is 18.9 Å². The van der Waals surface area contributed by atoms with Crippen molar-refractivity contribution in [2.45, 2.75) is 120 Å². The fourth-order valence-electron chi connectivity index (χ4n) is 7.38. The Balaban J connectivity index is 1.51. The molecule has 0 saturated carbocycles. The van der Waals surface area contributed by atoms with Crippen LogP contribution in [0.1, 0.15) is 76.8 Å². The number of aliphatic hydroxyl groups excluding tert-OH is 1. The molecule has 0 amide bonds. The van der Waals surface area contributed by atoms with Crippen molar-refractivity contribution in [3.8, 4) is 0 Å². The molecule has 0 radical (unpaired) electrons. The third kappa shape index (κ3) is 9.17. The molecule has 2 aromatic rings. The number of aliphatic carboxylic acids is 3. The fourth-order valence-corrected chi connectivity index (χ4v) is 7.38. The molecule has 2 bridgehead atoms. The zero-order valence-corrected chi connectivity index (χ0v) is 30.7. The number of carboxylic acids is 3. The smallest absolute Gasteiger partial charge is 0.344 e. The average Bonchev–Trinajstić information content (AvgIpc) is 3.33. The Kier molecular flexibility index (Phi) is 14.1. The molecular weight excluding hydrogens is 704 g/mol. The lowest BCUT2D eigenvalue weighted by atomic mass is 9.74. The highest BCUT2D eigenvalue weighted by atomic mass is 16.8. The summed E-state index contributed by atoms with van der Waals surface area (Å²) in [7, 11) is 0. The van der Waals surface area contributed by atoms with Crippen molar-refractivity contribution in [2.75, 3.05) is 0 Å². The Bertz CT molecular complexity index is 1650. The second-order valence-electron chi connectivity index (χ2n) is 14.2. The molecule has 2 fully saturated rings. The van der Waals surface area contributed by atoms with E-state index in [9.17, 15) is 49.5 Å². The summed E-state index contributed by atoms with van der Waals surface area (Å²) in [5.41, 5.74) is -5.16. The maximum Gasteiger partial charge on any atom is 0.344 e. The summed E-state index contributed by atoms with van der Waals surface area (Å²) in [5, 5.41) is 53.7. The minimum atomic E-state index is -3.86. The molecule has 0 aromatic heterocycles. The van der Waals surface area contributed by atoms with Crippen LogP contribution in [-0.4, -0.2) is 96.8 Å². The topological polar surface area (TPSA) is 223 Å². The van der Waals surface area contributed by atoms with Crippen LogP contribution in [0.15, 0.2) is 72.8 Å². The molecule has 2 aliphatic heterocycles. The van der Waals surface area contributed by atoms with Gasteiger partial charge >= 0.3 is 29.8 Å². The van der Waals surface area contributed by atoms with Crippen molar-refractivity contribution >= 4 is 29.8 Å². The SMILES string of the molecule is CC(=O)OC(CCC[C@]12OC(C(=O)O)C(O)(C(=O)O)[C@](C(=O)O)(O1)C(OC(=O)CC/C=C/C(C)CCCc1ccccc1)C2O)C(C)Cc1ccccc1. The third-order valence-corrected chi connectivity index (χ3v) is 10.2. The van der Waals surface area contributed by atoms with Crippen LogP contribution in [0.3, 0.4) is 0 Å². The number of hydrogen-bond donors (Lipinski definition) is 5. The van der Waals surface area contributed by atoms with E-state index in [1.165, 1.54) is 12.5 Å². The van der Waals surface area contributed by atoms with Gasteiger partial charge in [0.1, 0.15) is 12.2 Å². The van der Waals surface area contributed by atoms with E-state index in [0.29, 0.717) is 6.42 Å². The van der Waals surface area contributed by atoms with Gasteiger partial charge in [-0.25, -0.2) is 14.4 Å². The maximum atomic E-state index is 13.2. The van der Waals surface area contributed by atoms with Crippen molar-refractivity contribution in [1.29, 1.82) is 0 Å². The number of ether oxygens (including phenoxy) is 4. The highest BCUT2D eigenvalue weighted by molar-refractivity contribution is 5.98. The Hall–Kier alpha value is -4.63. The Labute approximate surface area is 313 Å². The van der Waals surface area contributed by atoms with Crippen molar-refractivity contribution in [2.24, 2.45) is 11.8 Å². The minimum Gasteiger partial charge on any atom is -0.479 e. The first-order valence-corrected chi connectivity index (χ1v) is 18.2. The summed E-state index contributed by atoms with van der Waals surface area (Å²) < 4.78 is 22.2. The van der Waals surface area contributed by atoms with Crippen molar-refractivity contribution in [1.82, 2.24) is 0 Å². The van der Waals surface area contributed by atoms with E-state index in [2.05, 4.69) is 12.1 Å². The quantitative estimate of drug-likeness (QED) is 0.0950. The molecule has 54 heavy (non-hydrogen) atoms. The van der Waals surface area contributed by atoms with Crippen LogP contribution in [0.2, 0.25) is 0 Å². The van der Waals surface area contributed by atoms with E-state index < -0.39 is 77.7 Å². The predicted molar refractivity (Wildman–Crippen MR) is 191 cm³/mol. The molecular formula is C40H50O14. The van der Waals surface area contributed by atoms with Crippen LogP contribution in [0.4, 0.5) is 0 Å². The van der Waals surface area contributed by atoms with Gasteiger partial charge in [-0.2, -0.15) is 0 Å². The molecule has 4 rings (SSSR count). The number of aliphatic hydroxyl groups is 2. The van der Waals surface area contributed by atoms with Crippen LogP contribution < -0.4 is 0 Å². The first kappa shape index (κ1) is 42.1. The van der Waals surface area contributed by atoms with Gasteiger partial charge in [0.25, 0.3) is 0 Å². The van der Waals surface area contributed by atoms with Gasteiger partial charge in [0.05, 0.1) is 0 Å². The van der Waals surface area contributed by atoms with Gasteiger partial charge < -0.3 is 44.5 Å². The molecule has 294 valence electrons. The summed E-state index contributed by atoms with van der Waals surface area (Å²) in [5.74, 6) is -10.8. The maximum absolute atomic E-state index is 13.2. The van der Waals surface area contributed by atoms with Crippen LogP contribution in [0.25, 0.3) is 0 Å². The monoisotopic (exact) mass is 754 g/mol. The Morgan fingerprint density at radius 3 is 2.09 bits per heavy atom. The Morgan fingerprint density at radius 1 is 0.889 bits per heavy atom. The van der Waals surface area contributed by atoms with E-state index in [0.717, 1.165) is 24.8 Å². The lowest BCUT2D eigenvalue weighted by Crippen LogP contribution is -2.78. The largest absolute Gasteiger partial charge is 0.479 e.